The van der Waals surface area contributed by atoms with Gasteiger partial charge in [0.1, 0.15) is 11.2 Å². The number of carbonyl (C=O) groups excluding carboxylic acids is 3. The fraction of sp³-hybridized carbons (Fsp3) is 0. The summed E-state index contributed by atoms with van der Waals surface area (Å²) in [6.45, 7) is 0. The smallest absolute Gasteiger partial charge is 0.323 e. The molecule has 1 N–H and O–H groups in total. The summed E-state index contributed by atoms with van der Waals surface area (Å²) in [5.74, 6) is -2.50. The molecule has 0 unspecified atom stereocenters. The van der Waals surface area contributed by atoms with E-state index < -0.39 is 23.3 Å². The minimum atomic E-state index is -1.03. The third-order valence-corrected chi connectivity index (χ3v) is 3.75. The molecule has 0 atom stereocenters. The molecule has 122 valence electrons. The lowest BCUT2D eigenvalue weighted by molar-refractivity contribution is -0.0588. The number of aromatic nitrogens is 2. The van der Waals surface area contributed by atoms with Crippen molar-refractivity contribution in [1.29, 1.82) is 0 Å². The van der Waals surface area contributed by atoms with Gasteiger partial charge in [-0.25, -0.2) is 4.79 Å². The predicted octanol–water partition coefficient (Wildman–Crippen LogP) is 1.29. The largest absolute Gasteiger partial charge is 0.380 e. The molecule has 3 heterocycles. The lowest BCUT2D eigenvalue weighted by Gasteiger charge is -2.12. The average Bonchev–Trinajstić information content (AvgIpc) is 2.87. The molecule has 3 aromatic rings. The molecule has 8 nitrogen and oxygen atoms in total. The van der Waals surface area contributed by atoms with E-state index in [0.29, 0.717) is 10.4 Å². The van der Waals surface area contributed by atoms with Crippen molar-refractivity contribution in [3.05, 3.63) is 75.8 Å². The number of hydrogen-bond donors (Lipinski definition) is 1. The fourth-order valence-electron chi connectivity index (χ4n) is 2.59. The van der Waals surface area contributed by atoms with Crippen molar-refractivity contribution in [2.75, 3.05) is 0 Å². The number of nitrogens with one attached hydrogen (secondary N) is 1. The van der Waals surface area contributed by atoms with Crippen molar-refractivity contribution in [2.24, 2.45) is 0 Å². The number of hydrogen-bond acceptors (Lipinski definition) is 6. The Hall–Kier alpha value is -3.81. The average molecular weight is 335 g/mol. The van der Waals surface area contributed by atoms with E-state index in [2.05, 4.69) is 9.97 Å². The third-order valence-electron chi connectivity index (χ3n) is 3.75. The molecule has 1 aromatic carbocycles. The second-order valence-electron chi connectivity index (χ2n) is 5.28. The Morgan fingerprint density at radius 1 is 1.00 bits per heavy atom. The van der Waals surface area contributed by atoms with Crippen molar-refractivity contribution in [1.82, 2.24) is 15.0 Å². The number of rotatable bonds is 2. The maximum absolute atomic E-state index is 12.3. The zero-order chi connectivity index (χ0) is 17.6. The highest BCUT2D eigenvalue weighted by Crippen LogP contribution is 2.23. The zero-order valence-corrected chi connectivity index (χ0v) is 12.6. The first kappa shape index (κ1) is 14.8. The number of amides is 2. The van der Waals surface area contributed by atoms with Gasteiger partial charge in [0, 0.05) is 11.6 Å². The monoisotopic (exact) mass is 335 g/mol. The van der Waals surface area contributed by atoms with Crippen LogP contribution < -0.4 is 5.56 Å². The first-order valence-electron chi connectivity index (χ1n) is 7.24. The number of H-pyrrole nitrogens is 1. The molecule has 1 aliphatic heterocycles. The lowest BCUT2D eigenvalue weighted by atomic mass is 10.1. The van der Waals surface area contributed by atoms with Crippen LogP contribution in [0, 0.1) is 0 Å². The number of fused-ring (bicyclic) bond motifs is 2. The van der Waals surface area contributed by atoms with Crippen molar-refractivity contribution < 1.29 is 19.2 Å². The van der Waals surface area contributed by atoms with Crippen LogP contribution in [-0.4, -0.2) is 32.8 Å². The summed E-state index contributed by atoms with van der Waals surface area (Å²) in [5, 5.41) is 0.819. The summed E-state index contributed by atoms with van der Waals surface area (Å²) in [5.41, 5.74) is -0.303. The molecule has 2 aromatic heterocycles. The SMILES string of the molecule is O=C(ON1C(=O)c2ccccc2C1=O)c1cc2cccnc2c(=O)[nH]1. The first-order chi connectivity index (χ1) is 12.1. The molecule has 0 saturated carbocycles. The molecule has 1 aliphatic rings. The molecule has 8 heteroatoms. The molecule has 0 aliphatic carbocycles. The molecule has 2 amide bonds. The normalized spacial score (nSPS) is 13.2. The Morgan fingerprint density at radius 2 is 1.68 bits per heavy atom. The van der Waals surface area contributed by atoms with Gasteiger partial charge in [-0.15, -0.1) is 0 Å². The topological polar surface area (TPSA) is 109 Å². The minimum absolute atomic E-state index is 0.150. The molecule has 25 heavy (non-hydrogen) atoms. The highest BCUT2D eigenvalue weighted by Gasteiger charge is 2.38. The van der Waals surface area contributed by atoms with E-state index in [9.17, 15) is 19.2 Å². The van der Waals surface area contributed by atoms with E-state index in [1.54, 1.807) is 24.3 Å². The van der Waals surface area contributed by atoms with Gasteiger partial charge in [0.2, 0.25) is 0 Å². The van der Waals surface area contributed by atoms with Crippen LogP contribution in [0.5, 0.6) is 0 Å². The van der Waals surface area contributed by atoms with Gasteiger partial charge in [0.15, 0.2) is 0 Å². The van der Waals surface area contributed by atoms with Crippen LogP contribution in [0.15, 0.2) is 53.5 Å². The van der Waals surface area contributed by atoms with Gasteiger partial charge in [0.05, 0.1) is 11.1 Å². The Morgan fingerprint density at radius 3 is 2.36 bits per heavy atom. The number of imide groups is 1. The standard InChI is InChI=1S/C17H9N3O5/c21-14-13-9(4-3-7-18-13)8-12(19-14)17(24)25-20-15(22)10-5-1-2-6-11(10)16(20)23/h1-8H,(H,19,21). The van der Waals surface area contributed by atoms with Gasteiger partial charge >= 0.3 is 5.97 Å². The molecular weight excluding hydrogens is 326 g/mol. The van der Waals surface area contributed by atoms with Crippen molar-refractivity contribution >= 4 is 28.7 Å². The van der Waals surface area contributed by atoms with Crippen molar-refractivity contribution in [2.45, 2.75) is 0 Å². The Labute approximate surface area is 139 Å². The number of hydroxylamine groups is 2. The van der Waals surface area contributed by atoms with Gasteiger partial charge in [-0.1, -0.05) is 23.3 Å². The molecule has 4 rings (SSSR count). The molecule has 0 bridgehead atoms. The van der Waals surface area contributed by atoms with Crippen molar-refractivity contribution in [3.63, 3.8) is 0 Å². The maximum atomic E-state index is 12.3. The van der Waals surface area contributed by atoms with Crippen molar-refractivity contribution in [3.8, 4) is 0 Å². The summed E-state index contributed by atoms with van der Waals surface area (Å²) >= 11 is 0. The van der Waals surface area contributed by atoms with Crippen LogP contribution in [0.1, 0.15) is 31.2 Å². The Balaban J connectivity index is 1.67. The van der Waals surface area contributed by atoms with E-state index in [0.717, 1.165) is 0 Å². The first-order valence-corrected chi connectivity index (χ1v) is 7.24. The third kappa shape index (κ3) is 2.27. The Bertz CT molecular complexity index is 1080. The summed E-state index contributed by atoms with van der Waals surface area (Å²) < 4.78 is 0. The summed E-state index contributed by atoms with van der Waals surface area (Å²) in [6, 6.07) is 10.7. The van der Waals surface area contributed by atoms with Gasteiger partial charge in [-0.3, -0.25) is 19.4 Å². The van der Waals surface area contributed by atoms with Crippen LogP contribution in [0.4, 0.5) is 0 Å². The van der Waals surface area contributed by atoms with Crippen LogP contribution in [0.25, 0.3) is 10.9 Å². The van der Waals surface area contributed by atoms with Crippen LogP contribution in [0.2, 0.25) is 0 Å². The summed E-state index contributed by atoms with van der Waals surface area (Å²) in [6.07, 6.45) is 1.45. The molecule has 0 fully saturated rings. The lowest BCUT2D eigenvalue weighted by Crippen LogP contribution is -2.33. The molecule has 0 spiro atoms. The quantitative estimate of drug-likeness (QED) is 0.707. The highest BCUT2D eigenvalue weighted by atomic mass is 16.7. The van der Waals surface area contributed by atoms with E-state index in [1.165, 1.54) is 24.4 Å². The summed E-state index contributed by atoms with van der Waals surface area (Å²) in [4.78, 5) is 59.8. The minimum Gasteiger partial charge on any atom is -0.323 e. The van der Waals surface area contributed by atoms with Gasteiger partial charge in [-0.05, 0) is 24.3 Å². The number of benzene rings is 1. The second kappa shape index (κ2) is 5.38. The highest BCUT2D eigenvalue weighted by molar-refractivity contribution is 6.21. The number of nitrogens with zero attached hydrogens (tertiary/aromatic N) is 2. The van der Waals surface area contributed by atoms with E-state index in [4.69, 9.17) is 4.84 Å². The zero-order valence-electron chi connectivity index (χ0n) is 12.6. The molecule has 0 saturated heterocycles. The van der Waals surface area contributed by atoms with Crippen LogP contribution in [-0.2, 0) is 4.84 Å². The maximum Gasteiger partial charge on any atom is 0.380 e. The van der Waals surface area contributed by atoms with Gasteiger partial charge in [-0.2, -0.15) is 0 Å². The fourth-order valence-corrected chi connectivity index (χ4v) is 2.59. The number of aromatic amines is 1. The number of carbonyl (C=O) groups is 3. The second-order valence-corrected chi connectivity index (χ2v) is 5.28. The molecular formula is C17H9N3O5. The molecule has 0 radical (unpaired) electrons. The summed E-state index contributed by atoms with van der Waals surface area (Å²) in [7, 11) is 0. The van der Waals surface area contributed by atoms with E-state index >= 15 is 0 Å². The Kier molecular flexibility index (Phi) is 3.17. The van der Waals surface area contributed by atoms with E-state index in [-0.39, 0.29) is 22.3 Å². The van der Waals surface area contributed by atoms with Crippen LogP contribution in [0.3, 0.4) is 0 Å². The van der Waals surface area contributed by atoms with Crippen LogP contribution >= 0.6 is 0 Å². The van der Waals surface area contributed by atoms with E-state index in [1.807, 2.05) is 0 Å². The van der Waals surface area contributed by atoms with Gasteiger partial charge in [0.25, 0.3) is 17.4 Å². The number of pyridine rings is 2. The van der Waals surface area contributed by atoms with Gasteiger partial charge < -0.3 is 9.82 Å². The predicted molar refractivity (Wildman–Crippen MR) is 84.7 cm³/mol.